The number of amides is 1. The monoisotopic (exact) mass is 354 g/mol. The first-order valence-electron chi connectivity index (χ1n) is 8.29. The number of methoxy groups -OCH3 is 1. The topological polar surface area (TPSA) is 45.3 Å². The summed E-state index contributed by atoms with van der Waals surface area (Å²) in [5.74, 6) is 0.876. The maximum Gasteiger partial charge on any atom is 0.220 e. The van der Waals surface area contributed by atoms with Gasteiger partial charge >= 0.3 is 0 Å². The van der Waals surface area contributed by atoms with E-state index in [0.29, 0.717) is 6.54 Å². The molecule has 1 aromatic heterocycles. The Kier molecular flexibility index (Phi) is 3.92. The first kappa shape index (κ1) is 16.0. The SMILES string of the molecule is COc1ccc(C2c3[nH]c4ccc(Cl)cc4c3CCN2C(C)=O)cc1. The van der Waals surface area contributed by atoms with E-state index in [2.05, 4.69) is 4.98 Å². The van der Waals surface area contributed by atoms with Crippen LogP contribution in [-0.4, -0.2) is 29.4 Å². The van der Waals surface area contributed by atoms with Crippen molar-refractivity contribution in [1.29, 1.82) is 0 Å². The number of ether oxygens (including phenoxy) is 1. The van der Waals surface area contributed by atoms with Crippen molar-refractivity contribution in [2.24, 2.45) is 0 Å². The lowest BCUT2D eigenvalue weighted by atomic mass is 9.92. The van der Waals surface area contributed by atoms with Gasteiger partial charge < -0.3 is 14.6 Å². The molecule has 0 aliphatic carbocycles. The average molecular weight is 355 g/mol. The first-order chi connectivity index (χ1) is 12.1. The van der Waals surface area contributed by atoms with Gasteiger partial charge in [0.05, 0.1) is 13.2 Å². The third-order valence-electron chi connectivity index (χ3n) is 4.93. The number of hydrogen-bond donors (Lipinski definition) is 1. The molecule has 1 N–H and O–H groups in total. The van der Waals surface area contributed by atoms with Crippen LogP contribution < -0.4 is 4.74 Å². The molecular formula is C20H19ClN2O2. The highest BCUT2D eigenvalue weighted by molar-refractivity contribution is 6.31. The molecule has 0 bridgehead atoms. The van der Waals surface area contributed by atoms with Gasteiger partial charge in [-0.1, -0.05) is 23.7 Å². The van der Waals surface area contributed by atoms with Crippen molar-refractivity contribution in [2.75, 3.05) is 13.7 Å². The Hall–Kier alpha value is -2.46. The molecule has 4 nitrogen and oxygen atoms in total. The zero-order valence-electron chi connectivity index (χ0n) is 14.2. The molecule has 0 radical (unpaired) electrons. The summed E-state index contributed by atoms with van der Waals surface area (Å²) in [5, 5.41) is 1.87. The van der Waals surface area contributed by atoms with Crippen LogP contribution in [-0.2, 0) is 11.2 Å². The Morgan fingerprint density at radius 2 is 2.00 bits per heavy atom. The second kappa shape index (κ2) is 6.12. The van der Waals surface area contributed by atoms with Gasteiger partial charge in [-0.3, -0.25) is 4.79 Å². The Morgan fingerprint density at radius 1 is 1.24 bits per heavy atom. The number of halogens is 1. The van der Waals surface area contributed by atoms with Crippen LogP contribution in [0, 0.1) is 0 Å². The smallest absolute Gasteiger partial charge is 0.220 e. The van der Waals surface area contributed by atoms with Crippen LogP contribution in [0.2, 0.25) is 5.02 Å². The van der Waals surface area contributed by atoms with E-state index in [1.165, 1.54) is 5.56 Å². The third-order valence-corrected chi connectivity index (χ3v) is 5.16. The van der Waals surface area contributed by atoms with Gasteiger partial charge in [0.2, 0.25) is 5.91 Å². The van der Waals surface area contributed by atoms with Crippen LogP contribution in [0.5, 0.6) is 5.75 Å². The van der Waals surface area contributed by atoms with Crippen molar-refractivity contribution < 1.29 is 9.53 Å². The number of aromatic nitrogens is 1. The molecule has 2 heterocycles. The van der Waals surface area contributed by atoms with Crippen molar-refractivity contribution in [3.8, 4) is 5.75 Å². The predicted octanol–water partition coefficient (Wildman–Crippen LogP) is 4.32. The number of carbonyl (C=O) groups is 1. The molecular weight excluding hydrogens is 336 g/mol. The van der Waals surface area contributed by atoms with E-state index in [-0.39, 0.29) is 11.9 Å². The molecule has 3 aromatic rings. The predicted molar refractivity (Wildman–Crippen MR) is 99.2 cm³/mol. The molecule has 1 amide bonds. The molecule has 0 saturated carbocycles. The van der Waals surface area contributed by atoms with Crippen LogP contribution in [0.25, 0.3) is 10.9 Å². The number of H-pyrrole nitrogens is 1. The average Bonchev–Trinajstić information content (AvgIpc) is 2.98. The van der Waals surface area contributed by atoms with Gasteiger partial charge in [-0.05, 0) is 47.9 Å². The summed E-state index contributed by atoms with van der Waals surface area (Å²) in [4.78, 5) is 17.7. The van der Waals surface area contributed by atoms with Gasteiger partial charge in [0.15, 0.2) is 0 Å². The van der Waals surface area contributed by atoms with Crippen LogP contribution >= 0.6 is 11.6 Å². The van der Waals surface area contributed by atoms with Gasteiger partial charge in [-0.25, -0.2) is 0 Å². The van der Waals surface area contributed by atoms with E-state index >= 15 is 0 Å². The Balaban J connectivity index is 1.89. The van der Waals surface area contributed by atoms with Crippen molar-refractivity contribution >= 4 is 28.4 Å². The summed E-state index contributed by atoms with van der Waals surface area (Å²) < 4.78 is 5.26. The van der Waals surface area contributed by atoms with Crippen molar-refractivity contribution in [3.63, 3.8) is 0 Å². The molecule has 0 spiro atoms. The summed E-state index contributed by atoms with van der Waals surface area (Å²) in [7, 11) is 1.65. The van der Waals surface area contributed by atoms with Gasteiger partial charge in [-0.15, -0.1) is 0 Å². The highest BCUT2D eigenvalue weighted by Crippen LogP contribution is 2.39. The molecule has 1 aliphatic rings. The van der Waals surface area contributed by atoms with Crippen LogP contribution in [0.4, 0.5) is 0 Å². The lowest BCUT2D eigenvalue weighted by molar-refractivity contribution is -0.130. The fourth-order valence-corrected chi connectivity index (χ4v) is 3.90. The van der Waals surface area contributed by atoms with E-state index in [1.807, 2.05) is 47.4 Å². The van der Waals surface area contributed by atoms with Gasteiger partial charge in [0.25, 0.3) is 0 Å². The number of carbonyl (C=O) groups excluding carboxylic acids is 1. The highest BCUT2D eigenvalue weighted by Gasteiger charge is 2.33. The van der Waals surface area contributed by atoms with Crippen molar-refractivity contribution in [2.45, 2.75) is 19.4 Å². The van der Waals surface area contributed by atoms with Crippen molar-refractivity contribution in [1.82, 2.24) is 9.88 Å². The highest BCUT2D eigenvalue weighted by atomic mass is 35.5. The summed E-state index contributed by atoms with van der Waals surface area (Å²) in [5.41, 5.74) is 4.44. The summed E-state index contributed by atoms with van der Waals surface area (Å²) in [6.45, 7) is 2.32. The third kappa shape index (κ3) is 2.67. The Morgan fingerprint density at radius 3 is 2.68 bits per heavy atom. The van der Waals surface area contributed by atoms with Gasteiger partial charge in [0.1, 0.15) is 5.75 Å². The lowest BCUT2D eigenvalue weighted by Gasteiger charge is -2.35. The molecule has 128 valence electrons. The van der Waals surface area contributed by atoms with E-state index in [4.69, 9.17) is 16.3 Å². The van der Waals surface area contributed by atoms with Gasteiger partial charge in [0, 0.05) is 35.1 Å². The van der Waals surface area contributed by atoms with E-state index in [9.17, 15) is 4.79 Å². The molecule has 1 atom stereocenters. The zero-order valence-corrected chi connectivity index (χ0v) is 14.9. The lowest BCUT2D eigenvalue weighted by Crippen LogP contribution is -2.39. The number of nitrogens with one attached hydrogen (secondary N) is 1. The van der Waals surface area contributed by atoms with Crippen molar-refractivity contribution in [3.05, 3.63) is 64.3 Å². The number of hydrogen-bond acceptors (Lipinski definition) is 2. The Labute approximate surface area is 151 Å². The normalized spacial score (nSPS) is 16.8. The van der Waals surface area contributed by atoms with Crippen LogP contribution in [0.1, 0.15) is 29.8 Å². The molecule has 0 saturated heterocycles. The number of aromatic amines is 1. The minimum absolute atomic E-state index is 0.0724. The van der Waals surface area contributed by atoms with Crippen LogP contribution in [0.15, 0.2) is 42.5 Å². The number of benzene rings is 2. The molecule has 0 fully saturated rings. The largest absolute Gasteiger partial charge is 0.497 e. The molecule has 5 heteroatoms. The van der Waals surface area contributed by atoms with Gasteiger partial charge in [-0.2, -0.15) is 0 Å². The standard InChI is InChI=1S/C20H19ClN2O2/c1-12(24)23-10-9-16-17-11-14(21)5-8-18(17)22-19(16)20(23)13-3-6-15(25-2)7-4-13/h3-8,11,20,22H,9-10H2,1-2H3. The Bertz CT molecular complexity index is 946. The molecule has 2 aromatic carbocycles. The summed E-state index contributed by atoms with van der Waals surface area (Å²) in [6, 6.07) is 13.7. The summed E-state index contributed by atoms with van der Waals surface area (Å²) >= 11 is 6.19. The van der Waals surface area contributed by atoms with E-state index < -0.39 is 0 Å². The van der Waals surface area contributed by atoms with E-state index in [0.717, 1.165) is 39.4 Å². The molecule has 25 heavy (non-hydrogen) atoms. The fourth-order valence-electron chi connectivity index (χ4n) is 3.73. The minimum atomic E-state index is -0.127. The maximum atomic E-state index is 12.3. The van der Waals surface area contributed by atoms with E-state index in [1.54, 1.807) is 14.0 Å². The summed E-state index contributed by atoms with van der Waals surface area (Å²) in [6.07, 6.45) is 0.821. The number of fused-ring (bicyclic) bond motifs is 3. The molecule has 1 unspecified atom stereocenters. The minimum Gasteiger partial charge on any atom is -0.497 e. The second-order valence-corrected chi connectivity index (χ2v) is 6.78. The van der Waals surface area contributed by atoms with Crippen LogP contribution in [0.3, 0.4) is 0 Å². The quantitative estimate of drug-likeness (QED) is 0.744. The fraction of sp³-hybridized carbons (Fsp3) is 0.250. The molecule has 1 aliphatic heterocycles. The maximum absolute atomic E-state index is 12.3. The first-order valence-corrected chi connectivity index (χ1v) is 8.67. The number of rotatable bonds is 2. The zero-order chi connectivity index (χ0) is 17.6. The molecule has 4 rings (SSSR count). The number of nitrogens with zero attached hydrogens (tertiary/aromatic N) is 1. The second-order valence-electron chi connectivity index (χ2n) is 6.35.